The molecule has 0 saturated carbocycles. The Morgan fingerprint density at radius 3 is 2.37 bits per heavy atom. The molecule has 0 bridgehead atoms. The standard InChI is InChI=1S/C21H20F4N4O4S2/c1-12-18(19(30)28-35(3,31)32)27-20(34-12)29(15-6-9-17(26-10-15)21(23,24)25)11-14-4-7-16(8-5-14)33-13(2)22/h4-10,13H,11H2,1-3H3,(H,28,30). The molecule has 0 aliphatic heterocycles. The number of alkyl halides is 4. The lowest BCUT2D eigenvalue weighted by Crippen LogP contribution is -2.30. The number of rotatable bonds is 8. The van der Waals surface area contributed by atoms with Crippen molar-refractivity contribution >= 4 is 38.1 Å². The zero-order valence-electron chi connectivity index (χ0n) is 18.6. The Kier molecular flexibility index (Phi) is 7.65. The number of carbonyl (C=O) groups is 1. The summed E-state index contributed by atoms with van der Waals surface area (Å²) in [4.78, 5) is 22.0. The van der Waals surface area contributed by atoms with Gasteiger partial charge in [-0.1, -0.05) is 12.1 Å². The molecule has 0 fully saturated rings. The number of thiazole rings is 1. The molecule has 2 aromatic heterocycles. The van der Waals surface area contributed by atoms with Crippen molar-refractivity contribution in [3.05, 3.63) is 64.4 Å². The van der Waals surface area contributed by atoms with Crippen LogP contribution in [0.1, 0.15) is 33.5 Å². The van der Waals surface area contributed by atoms with E-state index >= 15 is 0 Å². The molecule has 0 saturated heterocycles. The predicted molar refractivity (Wildman–Crippen MR) is 122 cm³/mol. The highest BCUT2D eigenvalue weighted by atomic mass is 32.2. The van der Waals surface area contributed by atoms with E-state index in [1.54, 1.807) is 19.1 Å². The van der Waals surface area contributed by atoms with E-state index in [0.29, 0.717) is 10.4 Å². The van der Waals surface area contributed by atoms with Crippen molar-refractivity contribution in [2.45, 2.75) is 32.9 Å². The molecule has 1 N–H and O–H groups in total. The van der Waals surface area contributed by atoms with Crippen molar-refractivity contribution in [1.29, 1.82) is 0 Å². The Labute approximate surface area is 202 Å². The first-order valence-corrected chi connectivity index (χ1v) is 12.6. The summed E-state index contributed by atoms with van der Waals surface area (Å²) in [7, 11) is -3.84. The van der Waals surface area contributed by atoms with E-state index in [0.717, 1.165) is 29.9 Å². The van der Waals surface area contributed by atoms with Gasteiger partial charge in [-0.25, -0.2) is 27.5 Å². The summed E-state index contributed by atoms with van der Waals surface area (Å²) in [5.41, 5.74) is -0.300. The third-order valence-corrected chi connectivity index (χ3v) is 5.97. The average molecular weight is 533 g/mol. The van der Waals surface area contributed by atoms with Gasteiger partial charge < -0.3 is 9.64 Å². The van der Waals surface area contributed by atoms with Crippen molar-refractivity contribution in [3.8, 4) is 5.75 Å². The van der Waals surface area contributed by atoms with Crippen LogP contribution in [-0.4, -0.2) is 36.9 Å². The van der Waals surface area contributed by atoms with Gasteiger partial charge in [0.2, 0.25) is 16.4 Å². The SMILES string of the molecule is Cc1sc(N(Cc2ccc(OC(C)F)cc2)c2ccc(C(F)(F)F)nc2)nc1C(=O)NS(C)(=O)=O. The fraction of sp³-hybridized carbons (Fsp3) is 0.286. The number of carbonyl (C=O) groups excluding carboxylic acids is 1. The van der Waals surface area contributed by atoms with Gasteiger partial charge in [0.1, 0.15) is 17.1 Å². The summed E-state index contributed by atoms with van der Waals surface area (Å²) in [5.74, 6) is -0.642. The fourth-order valence-electron chi connectivity index (χ4n) is 2.95. The fourth-order valence-corrected chi connectivity index (χ4v) is 4.31. The highest BCUT2D eigenvalue weighted by molar-refractivity contribution is 7.89. The lowest BCUT2D eigenvalue weighted by Gasteiger charge is -2.22. The Morgan fingerprint density at radius 2 is 1.86 bits per heavy atom. The number of amides is 1. The van der Waals surface area contributed by atoms with Crippen LogP contribution in [0.25, 0.3) is 0 Å². The summed E-state index contributed by atoms with van der Waals surface area (Å²) in [6.45, 7) is 2.89. The number of nitrogens with zero attached hydrogens (tertiary/aromatic N) is 3. The van der Waals surface area contributed by atoms with Gasteiger partial charge in [0, 0.05) is 11.8 Å². The number of benzene rings is 1. The Hall–Kier alpha value is -3.26. The third kappa shape index (κ3) is 7.11. The number of sulfonamides is 1. The van der Waals surface area contributed by atoms with Crippen LogP contribution in [0.4, 0.5) is 28.4 Å². The van der Waals surface area contributed by atoms with Crippen LogP contribution in [0.15, 0.2) is 42.6 Å². The zero-order chi connectivity index (χ0) is 26.0. The van der Waals surface area contributed by atoms with Crippen LogP contribution in [-0.2, 0) is 22.7 Å². The lowest BCUT2D eigenvalue weighted by molar-refractivity contribution is -0.141. The van der Waals surface area contributed by atoms with E-state index in [1.165, 1.54) is 30.0 Å². The summed E-state index contributed by atoms with van der Waals surface area (Å²) in [5, 5.41) is 0.223. The molecular weight excluding hydrogens is 512 g/mol. The van der Waals surface area contributed by atoms with Gasteiger partial charge in [0.05, 0.1) is 24.7 Å². The lowest BCUT2D eigenvalue weighted by atomic mass is 10.2. The first-order valence-electron chi connectivity index (χ1n) is 9.93. The predicted octanol–water partition coefficient (Wildman–Crippen LogP) is 4.59. The molecule has 0 radical (unpaired) electrons. The molecule has 3 rings (SSSR count). The van der Waals surface area contributed by atoms with Gasteiger partial charge in [-0.15, -0.1) is 11.3 Å². The molecular formula is C21H20F4N4O4S2. The number of pyridine rings is 1. The molecule has 0 aliphatic carbocycles. The van der Waals surface area contributed by atoms with Crippen LogP contribution >= 0.6 is 11.3 Å². The van der Waals surface area contributed by atoms with Crippen molar-refractivity contribution in [1.82, 2.24) is 14.7 Å². The number of ether oxygens (including phenoxy) is 1. The van der Waals surface area contributed by atoms with Gasteiger partial charge in [-0.05, 0) is 36.8 Å². The molecule has 3 aromatic rings. The van der Waals surface area contributed by atoms with Gasteiger partial charge in [0.25, 0.3) is 5.91 Å². The minimum absolute atomic E-state index is 0.0958. The molecule has 2 heterocycles. The Balaban J connectivity index is 1.99. The maximum Gasteiger partial charge on any atom is 0.433 e. The van der Waals surface area contributed by atoms with Crippen LogP contribution in [0.2, 0.25) is 0 Å². The molecule has 188 valence electrons. The summed E-state index contributed by atoms with van der Waals surface area (Å²) >= 11 is 1.05. The van der Waals surface area contributed by atoms with Crippen molar-refractivity contribution in [2.75, 3.05) is 11.2 Å². The van der Waals surface area contributed by atoms with E-state index in [1.807, 2.05) is 4.72 Å². The van der Waals surface area contributed by atoms with E-state index in [9.17, 15) is 30.8 Å². The Bertz CT molecular complexity index is 1290. The summed E-state index contributed by atoms with van der Waals surface area (Å²) in [6.07, 6.45) is -4.28. The quantitative estimate of drug-likeness (QED) is 0.424. The largest absolute Gasteiger partial charge is 0.461 e. The second kappa shape index (κ2) is 10.2. The molecule has 0 aliphatic rings. The highest BCUT2D eigenvalue weighted by Crippen LogP contribution is 2.35. The number of nitrogens with one attached hydrogen (secondary N) is 1. The zero-order valence-corrected chi connectivity index (χ0v) is 20.3. The average Bonchev–Trinajstić information content (AvgIpc) is 3.12. The molecule has 1 aromatic carbocycles. The normalized spacial score (nSPS) is 12.8. The first kappa shape index (κ1) is 26.3. The third-order valence-electron chi connectivity index (χ3n) is 4.42. The second-order valence-corrected chi connectivity index (χ2v) is 10.3. The number of anilines is 2. The molecule has 1 amide bonds. The van der Waals surface area contributed by atoms with E-state index < -0.39 is 34.2 Å². The van der Waals surface area contributed by atoms with Crippen LogP contribution in [0, 0.1) is 6.92 Å². The van der Waals surface area contributed by atoms with Crippen molar-refractivity contribution < 1.29 is 35.5 Å². The molecule has 0 spiro atoms. The Morgan fingerprint density at radius 1 is 1.20 bits per heavy atom. The van der Waals surface area contributed by atoms with E-state index in [2.05, 4.69) is 9.97 Å². The minimum Gasteiger partial charge on any atom is -0.461 e. The number of hydrogen-bond donors (Lipinski definition) is 1. The number of aryl methyl sites for hydroxylation is 1. The molecule has 1 unspecified atom stereocenters. The first-order chi connectivity index (χ1) is 16.2. The maximum atomic E-state index is 13.1. The van der Waals surface area contributed by atoms with E-state index in [4.69, 9.17) is 4.74 Å². The maximum absolute atomic E-state index is 13.1. The number of aromatic nitrogens is 2. The van der Waals surface area contributed by atoms with Gasteiger partial charge in [0.15, 0.2) is 5.13 Å². The van der Waals surface area contributed by atoms with Crippen molar-refractivity contribution in [3.63, 3.8) is 0 Å². The van der Waals surface area contributed by atoms with E-state index in [-0.39, 0.29) is 28.8 Å². The van der Waals surface area contributed by atoms with Gasteiger partial charge >= 0.3 is 6.18 Å². The van der Waals surface area contributed by atoms with Crippen molar-refractivity contribution in [2.24, 2.45) is 0 Å². The molecule has 1 atom stereocenters. The minimum atomic E-state index is -4.62. The smallest absolute Gasteiger partial charge is 0.433 e. The molecule has 35 heavy (non-hydrogen) atoms. The van der Waals surface area contributed by atoms with Crippen LogP contribution in [0.5, 0.6) is 5.75 Å². The molecule has 8 nitrogen and oxygen atoms in total. The monoisotopic (exact) mass is 532 g/mol. The number of halogens is 4. The van der Waals surface area contributed by atoms with Gasteiger partial charge in [-0.3, -0.25) is 4.79 Å². The summed E-state index contributed by atoms with van der Waals surface area (Å²) < 4.78 is 81.7. The molecule has 14 heteroatoms. The number of hydrogen-bond acceptors (Lipinski definition) is 8. The second-order valence-electron chi connectivity index (χ2n) is 7.39. The highest BCUT2D eigenvalue weighted by Gasteiger charge is 2.32. The summed E-state index contributed by atoms with van der Waals surface area (Å²) in [6, 6.07) is 8.38. The van der Waals surface area contributed by atoms with Crippen LogP contribution < -0.4 is 14.4 Å². The van der Waals surface area contributed by atoms with Gasteiger partial charge in [-0.2, -0.15) is 13.2 Å². The van der Waals surface area contributed by atoms with Crippen LogP contribution in [0.3, 0.4) is 0 Å². The topological polar surface area (TPSA) is 101 Å².